The number of aryl methyl sites for hydroxylation is 1. The fraction of sp³-hybridized carbons (Fsp3) is 0.242. The molecule has 0 heterocycles. The second-order valence-corrected chi connectivity index (χ2v) is 15.7. The molecule has 4 aromatic rings. The number of hydrogen-bond acceptors (Lipinski definition) is 5. The second kappa shape index (κ2) is 12.1. The molecule has 39 heavy (non-hydrogen) atoms. The van der Waals surface area contributed by atoms with Crippen LogP contribution in [-0.4, -0.2) is 28.5 Å². The van der Waals surface area contributed by atoms with Crippen LogP contribution in [0.5, 0.6) is 11.5 Å². The van der Waals surface area contributed by atoms with Crippen molar-refractivity contribution < 1.29 is 18.7 Å². The van der Waals surface area contributed by atoms with E-state index in [0.29, 0.717) is 22.8 Å². The molecule has 0 amide bonds. The van der Waals surface area contributed by atoms with Crippen LogP contribution in [0.15, 0.2) is 102 Å². The lowest BCUT2D eigenvalue weighted by molar-refractivity contribution is 0.0597. The third kappa shape index (κ3) is 5.77. The van der Waals surface area contributed by atoms with E-state index in [1.54, 1.807) is 18.9 Å². The zero-order valence-electron chi connectivity index (χ0n) is 23.5. The molecule has 4 rings (SSSR count). The highest BCUT2D eigenvalue weighted by Crippen LogP contribution is 2.43. The number of thioether (sulfide) groups is 1. The van der Waals surface area contributed by atoms with E-state index in [2.05, 4.69) is 81.4 Å². The maximum Gasteiger partial charge on any atom is 0.342 e. The van der Waals surface area contributed by atoms with Crippen molar-refractivity contribution in [1.29, 1.82) is 0 Å². The molecule has 0 aromatic heterocycles. The Labute approximate surface area is 237 Å². The van der Waals surface area contributed by atoms with Gasteiger partial charge < -0.3 is 13.9 Å². The van der Waals surface area contributed by atoms with Crippen LogP contribution in [0.25, 0.3) is 0 Å². The van der Waals surface area contributed by atoms with Gasteiger partial charge in [-0.05, 0) is 46.1 Å². The summed E-state index contributed by atoms with van der Waals surface area (Å²) in [6.07, 6.45) is 0. The van der Waals surface area contributed by atoms with Crippen molar-refractivity contribution in [3.05, 3.63) is 114 Å². The van der Waals surface area contributed by atoms with Crippen LogP contribution in [0.1, 0.15) is 42.3 Å². The fourth-order valence-electron chi connectivity index (χ4n) is 5.15. The normalized spacial score (nSPS) is 11.6. The van der Waals surface area contributed by atoms with Gasteiger partial charge in [0.25, 0.3) is 0 Å². The molecule has 6 heteroatoms. The molecule has 0 aliphatic carbocycles. The lowest BCUT2D eigenvalue weighted by Crippen LogP contribution is -2.69. The Morgan fingerprint density at radius 3 is 1.79 bits per heavy atom. The molecule has 4 aromatic carbocycles. The summed E-state index contributed by atoms with van der Waals surface area (Å²) in [4.78, 5) is 14.6. The molecule has 202 valence electrons. The summed E-state index contributed by atoms with van der Waals surface area (Å²) in [7, 11) is 0.0578. The van der Waals surface area contributed by atoms with E-state index in [1.165, 1.54) is 7.11 Å². The summed E-state index contributed by atoms with van der Waals surface area (Å²) < 4.78 is 18.5. The van der Waals surface area contributed by atoms with E-state index < -0.39 is 14.3 Å². The number of carbonyl (C=O) groups is 1. The van der Waals surface area contributed by atoms with Gasteiger partial charge >= 0.3 is 14.3 Å². The fourth-order valence-corrected chi connectivity index (χ4v) is 10.5. The van der Waals surface area contributed by atoms with Crippen LogP contribution in [0, 0.1) is 6.92 Å². The highest BCUT2D eigenvalue weighted by molar-refractivity contribution is 7.98. The number of rotatable bonds is 9. The predicted molar refractivity (Wildman–Crippen MR) is 163 cm³/mol. The van der Waals surface area contributed by atoms with Crippen molar-refractivity contribution >= 4 is 36.4 Å². The molecule has 0 saturated heterocycles. The standard InChI is InChI=1S/C33H36O4SSi/c1-24-22-29(30(32(34)36-6)28(31(24)35-5)23-38-25-16-10-7-11-17-25)37-39(33(2,3)4,26-18-12-8-13-19-26)27-20-14-9-15-21-27/h7-22H,23H2,1-6H3. The average Bonchev–Trinajstić information content (AvgIpc) is 2.95. The number of benzene rings is 4. The first-order chi connectivity index (χ1) is 18.7. The van der Waals surface area contributed by atoms with Gasteiger partial charge in [-0.25, -0.2) is 4.79 Å². The third-order valence-electron chi connectivity index (χ3n) is 6.93. The SMILES string of the molecule is COC(=O)c1c(O[Si](c2ccccc2)(c2ccccc2)C(C)(C)C)cc(C)c(OC)c1CSc1ccccc1. The van der Waals surface area contributed by atoms with Crippen LogP contribution in [0.3, 0.4) is 0 Å². The van der Waals surface area contributed by atoms with Crippen molar-refractivity contribution in [2.45, 2.75) is 43.4 Å². The highest BCUT2D eigenvalue weighted by atomic mass is 32.2. The van der Waals surface area contributed by atoms with Gasteiger partial charge in [0, 0.05) is 16.2 Å². The molecule has 0 saturated carbocycles. The lowest BCUT2D eigenvalue weighted by atomic mass is 10.0. The van der Waals surface area contributed by atoms with Gasteiger partial charge in [-0.3, -0.25) is 0 Å². The van der Waals surface area contributed by atoms with Crippen molar-refractivity contribution in [1.82, 2.24) is 0 Å². The van der Waals surface area contributed by atoms with Gasteiger partial charge in [-0.1, -0.05) is 99.6 Å². The molecule has 0 radical (unpaired) electrons. The lowest BCUT2D eigenvalue weighted by Gasteiger charge is -2.43. The first kappa shape index (κ1) is 28.5. The summed E-state index contributed by atoms with van der Waals surface area (Å²) >= 11 is 1.65. The van der Waals surface area contributed by atoms with Gasteiger partial charge in [0.2, 0.25) is 0 Å². The predicted octanol–water partition coefficient (Wildman–Crippen LogP) is 7.02. The first-order valence-corrected chi connectivity index (χ1v) is 15.9. The quantitative estimate of drug-likeness (QED) is 0.126. The molecule has 0 N–H and O–H groups in total. The minimum atomic E-state index is -3.00. The minimum absolute atomic E-state index is 0.268. The highest BCUT2D eigenvalue weighted by Gasteiger charge is 2.52. The number of carbonyl (C=O) groups excluding carboxylic acids is 1. The van der Waals surface area contributed by atoms with Gasteiger partial charge in [-0.2, -0.15) is 0 Å². The van der Waals surface area contributed by atoms with Crippen LogP contribution < -0.4 is 19.5 Å². The van der Waals surface area contributed by atoms with Gasteiger partial charge in [0.05, 0.1) is 14.2 Å². The monoisotopic (exact) mass is 556 g/mol. The molecule has 0 aliphatic rings. The van der Waals surface area contributed by atoms with Gasteiger partial charge in [-0.15, -0.1) is 11.8 Å². The van der Waals surface area contributed by atoms with E-state index >= 15 is 0 Å². The van der Waals surface area contributed by atoms with Gasteiger partial charge in [0.1, 0.15) is 17.1 Å². The zero-order chi connectivity index (χ0) is 28.0. The van der Waals surface area contributed by atoms with Crippen molar-refractivity contribution in [2.75, 3.05) is 14.2 Å². The van der Waals surface area contributed by atoms with E-state index in [9.17, 15) is 4.79 Å². The Balaban J connectivity index is 1.98. The van der Waals surface area contributed by atoms with Crippen LogP contribution in [-0.2, 0) is 10.5 Å². The largest absolute Gasteiger partial charge is 0.533 e. The van der Waals surface area contributed by atoms with Crippen LogP contribution >= 0.6 is 11.8 Å². The minimum Gasteiger partial charge on any atom is -0.533 e. The maximum atomic E-state index is 13.5. The van der Waals surface area contributed by atoms with E-state index in [0.717, 1.165) is 26.4 Å². The smallest absolute Gasteiger partial charge is 0.342 e. The molecular formula is C33H36O4SSi. The molecule has 0 unspecified atom stereocenters. The maximum absolute atomic E-state index is 13.5. The summed E-state index contributed by atoms with van der Waals surface area (Å²) in [5, 5.41) is 2.00. The molecule has 0 spiro atoms. The Morgan fingerprint density at radius 1 is 0.821 bits per heavy atom. The van der Waals surface area contributed by atoms with E-state index in [-0.39, 0.29) is 5.04 Å². The zero-order valence-corrected chi connectivity index (χ0v) is 25.3. The Morgan fingerprint density at radius 2 is 1.33 bits per heavy atom. The number of ether oxygens (including phenoxy) is 2. The molecule has 0 bridgehead atoms. The Hall–Kier alpha value is -3.48. The Kier molecular flexibility index (Phi) is 8.88. The third-order valence-corrected chi connectivity index (χ3v) is 12.9. The van der Waals surface area contributed by atoms with E-state index in [1.807, 2.05) is 43.3 Å². The number of hydrogen-bond donors (Lipinski definition) is 0. The summed E-state index contributed by atoms with van der Waals surface area (Å²) in [5.74, 6) is 1.28. The van der Waals surface area contributed by atoms with Crippen LogP contribution in [0.4, 0.5) is 0 Å². The van der Waals surface area contributed by atoms with E-state index in [4.69, 9.17) is 13.9 Å². The average molecular weight is 557 g/mol. The summed E-state index contributed by atoms with van der Waals surface area (Å²) in [6, 6.07) is 32.9. The van der Waals surface area contributed by atoms with Crippen molar-refractivity contribution in [3.63, 3.8) is 0 Å². The first-order valence-electron chi connectivity index (χ1n) is 13.0. The molecule has 4 nitrogen and oxygen atoms in total. The number of methoxy groups -OCH3 is 2. The molecule has 0 aliphatic heterocycles. The van der Waals surface area contributed by atoms with Crippen LogP contribution in [0.2, 0.25) is 5.04 Å². The van der Waals surface area contributed by atoms with Crippen molar-refractivity contribution in [2.24, 2.45) is 0 Å². The van der Waals surface area contributed by atoms with Gasteiger partial charge in [0.15, 0.2) is 0 Å². The topological polar surface area (TPSA) is 44.8 Å². The second-order valence-electron chi connectivity index (χ2n) is 10.4. The number of esters is 1. The summed E-state index contributed by atoms with van der Waals surface area (Å²) in [5.41, 5.74) is 2.09. The van der Waals surface area contributed by atoms with Crippen molar-refractivity contribution in [3.8, 4) is 11.5 Å². The summed E-state index contributed by atoms with van der Waals surface area (Å²) in [6.45, 7) is 8.66. The molecular weight excluding hydrogens is 521 g/mol. The Bertz CT molecular complexity index is 1360. The molecule has 0 atom stereocenters. The molecule has 0 fully saturated rings.